The summed E-state index contributed by atoms with van der Waals surface area (Å²) in [7, 11) is 9.13. The fraction of sp³-hybridized carbons (Fsp3) is 0.531. The Kier molecular flexibility index (Phi) is 23.3. The Hall–Kier alpha value is -1.44. The van der Waals surface area contributed by atoms with Gasteiger partial charge >= 0.3 is 57.4 Å². The van der Waals surface area contributed by atoms with E-state index in [2.05, 4.69) is 45.0 Å². The quantitative estimate of drug-likeness (QED) is 0.185. The summed E-state index contributed by atoms with van der Waals surface area (Å²) in [5.74, 6) is -0.518. The molecule has 0 saturated carbocycles. The Morgan fingerprint density at radius 1 is 1.12 bits per heavy atom. The van der Waals surface area contributed by atoms with Crippen LogP contribution in [0, 0.1) is 18.9 Å². The molecule has 9 nitrogen and oxygen atoms in total. The molecule has 0 aliphatic heterocycles. The molecule has 2 amide bonds. The van der Waals surface area contributed by atoms with Gasteiger partial charge in [0.2, 0.25) is 5.91 Å². The number of carbonyl (C=O) groups excluding carboxylic acids is 2. The largest absolute Gasteiger partial charge is 1.00 e. The number of hydrogen-bond donors (Lipinski definition) is 2. The van der Waals surface area contributed by atoms with Crippen LogP contribution >= 0.6 is 11.3 Å². The Labute approximate surface area is 305 Å². The average Bonchev–Trinajstić information content (AvgIpc) is 3.37. The molecule has 1 aromatic heterocycles. The van der Waals surface area contributed by atoms with Crippen LogP contribution in [-0.4, -0.2) is 70.9 Å². The molecular formula is C32H51KN5O4S-. The van der Waals surface area contributed by atoms with Gasteiger partial charge in [-0.15, -0.1) is 11.3 Å². The zero-order valence-corrected chi connectivity index (χ0v) is 31.5. The molecule has 0 radical (unpaired) electrons. The van der Waals surface area contributed by atoms with Crippen LogP contribution in [0.3, 0.4) is 0 Å². The monoisotopic (exact) mass is 640 g/mol. The molecule has 1 heterocycles. The number of aromatic nitrogens is 1. The van der Waals surface area contributed by atoms with Gasteiger partial charge in [-0.1, -0.05) is 70.5 Å². The van der Waals surface area contributed by atoms with Gasteiger partial charge in [-0.05, 0) is 51.3 Å². The van der Waals surface area contributed by atoms with E-state index in [-0.39, 0.29) is 81.0 Å². The minimum absolute atomic E-state index is 0. The third-order valence-corrected chi connectivity index (χ3v) is 7.63. The predicted octanol–water partition coefficient (Wildman–Crippen LogP) is 3.43. The first-order valence-corrected chi connectivity index (χ1v) is 15.1. The molecule has 2 rings (SSSR count). The first kappa shape index (κ1) is 43.7. The number of benzene rings is 1. The third-order valence-electron chi connectivity index (χ3n) is 6.72. The number of carboxylic acid groups (broad SMARTS) is 1. The number of carbonyl (C=O) groups is 3. The topological polar surface area (TPSA) is 136 Å². The molecule has 3 atom stereocenters. The molecule has 4 N–H and O–H groups in total. The van der Waals surface area contributed by atoms with Crippen molar-refractivity contribution < 1.29 is 70.9 Å². The van der Waals surface area contributed by atoms with Crippen LogP contribution < -0.4 is 56.7 Å². The van der Waals surface area contributed by atoms with E-state index < -0.39 is 12.0 Å². The van der Waals surface area contributed by atoms with Crippen molar-refractivity contribution in [2.45, 2.75) is 78.8 Å². The maximum Gasteiger partial charge on any atom is 1.00 e. The molecule has 0 bridgehead atoms. The van der Waals surface area contributed by atoms with Crippen LogP contribution in [0.15, 0.2) is 47.4 Å². The minimum Gasteiger partial charge on any atom is -0.693 e. The van der Waals surface area contributed by atoms with Gasteiger partial charge in [-0.3, -0.25) is 16.6 Å². The molecule has 0 spiro atoms. The van der Waals surface area contributed by atoms with Crippen LogP contribution in [0.5, 0.6) is 0 Å². The second-order valence-corrected chi connectivity index (χ2v) is 12.1. The normalized spacial score (nSPS) is 13.0. The number of carboxylic acids is 1. The van der Waals surface area contributed by atoms with Crippen molar-refractivity contribution in [3.63, 3.8) is 0 Å². The molecule has 2 aromatic rings. The first-order valence-electron chi connectivity index (χ1n) is 14.2. The van der Waals surface area contributed by atoms with Crippen molar-refractivity contribution in [3.05, 3.63) is 76.8 Å². The van der Waals surface area contributed by atoms with E-state index in [1.807, 2.05) is 56.4 Å². The van der Waals surface area contributed by atoms with Gasteiger partial charge in [0.05, 0.1) is 11.0 Å². The van der Waals surface area contributed by atoms with E-state index >= 15 is 0 Å². The fourth-order valence-corrected chi connectivity index (χ4v) is 4.98. The summed E-state index contributed by atoms with van der Waals surface area (Å²) in [6.45, 7) is 9.96. The summed E-state index contributed by atoms with van der Waals surface area (Å²) in [6, 6.07) is 9.24. The summed E-state index contributed by atoms with van der Waals surface area (Å²) in [5.41, 5.74) is 1.49. The number of aryl methyl sites for hydroxylation is 1. The molecule has 0 saturated heterocycles. The van der Waals surface area contributed by atoms with Crippen molar-refractivity contribution in [2.24, 2.45) is 11.8 Å². The number of nitrogens with two attached hydrogens (primary N) is 1. The fourth-order valence-electron chi connectivity index (χ4n) is 4.18. The first-order chi connectivity index (χ1) is 19.2. The maximum atomic E-state index is 13.0. The maximum absolute atomic E-state index is 13.0. The summed E-state index contributed by atoms with van der Waals surface area (Å²) in [6.07, 6.45) is 5.02. The zero-order valence-electron chi connectivity index (χ0n) is 27.6. The van der Waals surface area contributed by atoms with E-state index in [0.29, 0.717) is 36.8 Å². The van der Waals surface area contributed by atoms with Crippen LogP contribution in [0.2, 0.25) is 0 Å². The second-order valence-electron chi connectivity index (χ2n) is 11.2. The number of nitrogens with one attached hydrogen (secondary N) is 1. The van der Waals surface area contributed by atoms with Gasteiger partial charge in [0.1, 0.15) is 5.69 Å². The van der Waals surface area contributed by atoms with Gasteiger partial charge in [0.25, 0.3) is 5.91 Å². The second kappa shape index (κ2) is 23.0. The van der Waals surface area contributed by atoms with Crippen LogP contribution in [0.25, 0.3) is 6.15 Å². The van der Waals surface area contributed by atoms with Crippen LogP contribution in [-0.2, 0) is 22.4 Å². The van der Waals surface area contributed by atoms with Gasteiger partial charge in [-0.25, -0.2) is 9.78 Å². The summed E-state index contributed by atoms with van der Waals surface area (Å²) < 4.78 is 0. The minimum atomic E-state index is -1.02. The Bertz CT molecular complexity index is 1120. The molecule has 236 valence electrons. The molecule has 1 aromatic carbocycles. The van der Waals surface area contributed by atoms with E-state index in [4.69, 9.17) is 0 Å². The number of hydrogen-bond acceptors (Lipinski definition) is 6. The van der Waals surface area contributed by atoms with E-state index in [1.54, 1.807) is 16.4 Å². The number of amides is 2. The smallest absolute Gasteiger partial charge is 0.693 e. The Morgan fingerprint density at radius 3 is 2.21 bits per heavy atom. The van der Waals surface area contributed by atoms with E-state index in [9.17, 15) is 19.5 Å². The number of rotatable bonds is 14. The van der Waals surface area contributed by atoms with Gasteiger partial charge in [0, 0.05) is 36.9 Å². The summed E-state index contributed by atoms with van der Waals surface area (Å²) >= 11 is 1.43. The zero-order chi connectivity index (χ0) is 31.1. The molecule has 0 fully saturated rings. The summed E-state index contributed by atoms with van der Waals surface area (Å²) in [4.78, 5) is 45.3. The number of thiazole rings is 1. The Balaban J connectivity index is 0. The predicted molar refractivity (Wildman–Crippen MR) is 173 cm³/mol. The van der Waals surface area contributed by atoms with E-state index in [0.717, 1.165) is 23.4 Å². The molecule has 0 aliphatic carbocycles. The molecule has 3 unspecified atom stereocenters. The molecular weight excluding hydrogens is 590 g/mol. The van der Waals surface area contributed by atoms with Gasteiger partial charge in [0.15, 0.2) is 0 Å². The van der Waals surface area contributed by atoms with Crippen molar-refractivity contribution in [1.29, 1.82) is 0 Å². The standard InChI is InChI=1S/C29H41N3O4S.C3H8N.K.H2N/c1-7-20(4)15-27(33)32(6)25(19(2)3)13-14-26-31-24(18-37-26)28(34)30-23(16-21(5)29(35)36)17-22-11-9-8-10-12-22;1-4(2)3;;/h8-12,16,18-20,23,25H,7,13-15,17H2,1-6H3,(H,30,34)(H,35,36);1H2,2-3H3;;1H2/q;-1;+1;-1/b21-16+;;;. The number of aliphatic carboxylic acids is 1. The van der Waals surface area contributed by atoms with Crippen LogP contribution in [0.1, 0.15) is 74.9 Å². The van der Waals surface area contributed by atoms with Crippen molar-refractivity contribution in [2.75, 3.05) is 21.1 Å². The van der Waals surface area contributed by atoms with Crippen molar-refractivity contribution in [3.8, 4) is 0 Å². The van der Waals surface area contributed by atoms with Gasteiger partial charge in [-0.2, -0.15) is 0 Å². The van der Waals surface area contributed by atoms with Crippen molar-refractivity contribution >= 4 is 29.1 Å². The van der Waals surface area contributed by atoms with Gasteiger partial charge < -0.3 is 26.4 Å². The van der Waals surface area contributed by atoms with Crippen LogP contribution in [0.4, 0.5) is 0 Å². The van der Waals surface area contributed by atoms with Crippen molar-refractivity contribution in [1.82, 2.24) is 20.1 Å². The summed E-state index contributed by atoms with van der Waals surface area (Å²) in [5, 5.41) is 14.8. The Morgan fingerprint density at radius 2 is 1.70 bits per heavy atom. The van der Waals surface area contributed by atoms with E-state index in [1.165, 1.54) is 18.3 Å². The molecule has 11 heteroatoms. The average molecular weight is 641 g/mol. The third kappa shape index (κ3) is 17.6. The molecule has 0 aliphatic rings. The number of nitrogens with zero attached hydrogens (tertiary/aromatic N) is 3. The SMILES string of the molecule is CCC(C)CC(=O)N(C)C(CCc1nc(C(=O)NC(/C=C(\C)C(=O)O)Cc2ccccc2)cs1)C(C)C.[CH2-]N(C)C.[K+].[NH2-]. The molecule has 43 heavy (non-hydrogen) atoms.